The van der Waals surface area contributed by atoms with Crippen LogP contribution in [-0.4, -0.2) is 48.5 Å². The topological polar surface area (TPSA) is 32.7 Å². The molecule has 0 amide bonds. The minimum atomic E-state index is -0.0696. The van der Waals surface area contributed by atoms with Crippen LogP contribution in [0.1, 0.15) is 51.9 Å². The summed E-state index contributed by atoms with van der Waals surface area (Å²) in [7, 11) is 1.82. The Morgan fingerprint density at radius 3 is 2.67 bits per heavy atom. The van der Waals surface area contributed by atoms with Gasteiger partial charge in [0.25, 0.3) is 0 Å². The molecule has 3 heteroatoms. The fraction of sp³-hybridized carbons (Fsp3) is 1.00. The first-order valence-electron chi connectivity index (χ1n) is 7.65. The third kappa shape index (κ3) is 3.69. The predicted molar refractivity (Wildman–Crippen MR) is 73.6 cm³/mol. The van der Waals surface area contributed by atoms with Crippen molar-refractivity contribution in [1.82, 2.24) is 4.90 Å². The molecule has 3 nitrogen and oxygen atoms in total. The third-order valence-electron chi connectivity index (χ3n) is 4.89. The molecule has 2 rings (SSSR count). The smallest absolute Gasteiger partial charge is 0.0598 e. The van der Waals surface area contributed by atoms with Gasteiger partial charge in [-0.3, -0.25) is 0 Å². The second-order valence-corrected chi connectivity index (χ2v) is 6.19. The number of nitrogens with zero attached hydrogens (tertiary/aromatic N) is 1. The zero-order valence-corrected chi connectivity index (χ0v) is 12.0. The lowest BCUT2D eigenvalue weighted by Gasteiger charge is -2.39. The molecule has 2 aliphatic rings. The molecular weight excluding hydrogens is 226 g/mol. The van der Waals surface area contributed by atoms with Gasteiger partial charge in [-0.25, -0.2) is 0 Å². The zero-order chi connectivity index (χ0) is 13.0. The Bertz CT molecular complexity index is 247. The summed E-state index contributed by atoms with van der Waals surface area (Å²) in [6.45, 7) is 4.51. The molecular formula is C15H29NO2. The van der Waals surface area contributed by atoms with Crippen LogP contribution in [0.15, 0.2) is 0 Å². The Morgan fingerprint density at radius 2 is 1.94 bits per heavy atom. The molecule has 18 heavy (non-hydrogen) atoms. The largest absolute Gasteiger partial charge is 0.393 e. The molecule has 1 N–H and O–H groups in total. The van der Waals surface area contributed by atoms with Gasteiger partial charge in [-0.15, -0.1) is 0 Å². The number of piperidine rings is 1. The molecule has 0 aromatic rings. The minimum absolute atomic E-state index is 0.0696. The van der Waals surface area contributed by atoms with Crippen molar-refractivity contribution in [2.75, 3.05) is 20.2 Å². The van der Waals surface area contributed by atoms with Crippen molar-refractivity contribution >= 4 is 0 Å². The monoisotopic (exact) mass is 255 g/mol. The van der Waals surface area contributed by atoms with Crippen molar-refractivity contribution in [2.45, 2.75) is 70.1 Å². The lowest BCUT2D eigenvalue weighted by molar-refractivity contribution is -0.00344. The molecule has 0 spiro atoms. The highest BCUT2D eigenvalue weighted by Gasteiger charge is 2.29. The van der Waals surface area contributed by atoms with Crippen LogP contribution in [0, 0.1) is 5.92 Å². The highest BCUT2D eigenvalue weighted by Crippen LogP contribution is 2.27. The van der Waals surface area contributed by atoms with Gasteiger partial charge < -0.3 is 14.7 Å². The summed E-state index contributed by atoms with van der Waals surface area (Å²) in [6.07, 6.45) is 8.67. The summed E-state index contributed by atoms with van der Waals surface area (Å²) in [5, 5.41) is 10.2. The average molecular weight is 255 g/mol. The summed E-state index contributed by atoms with van der Waals surface area (Å²) >= 11 is 0. The maximum absolute atomic E-state index is 10.2. The lowest BCUT2D eigenvalue weighted by Crippen LogP contribution is -2.46. The molecule has 1 heterocycles. The Kier molecular flexibility index (Phi) is 5.46. The van der Waals surface area contributed by atoms with E-state index in [4.69, 9.17) is 4.74 Å². The summed E-state index contributed by atoms with van der Waals surface area (Å²) in [5.41, 5.74) is 0. The quantitative estimate of drug-likeness (QED) is 0.786. The van der Waals surface area contributed by atoms with Crippen LogP contribution < -0.4 is 0 Å². The first-order valence-corrected chi connectivity index (χ1v) is 7.65. The van der Waals surface area contributed by atoms with Gasteiger partial charge in [-0.05, 0) is 38.5 Å². The Balaban J connectivity index is 1.84. The predicted octanol–water partition coefficient (Wildman–Crippen LogP) is 2.43. The van der Waals surface area contributed by atoms with Crippen LogP contribution >= 0.6 is 0 Å². The maximum Gasteiger partial charge on any atom is 0.0598 e. The number of hydrogen-bond acceptors (Lipinski definition) is 3. The van der Waals surface area contributed by atoms with E-state index in [0.29, 0.717) is 18.1 Å². The van der Waals surface area contributed by atoms with Gasteiger partial charge in [0.15, 0.2) is 0 Å². The van der Waals surface area contributed by atoms with Gasteiger partial charge in [-0.1, -0.05) is 19.3 Å². The Labute approximate surface area is 112 Å². The second kappa shape index (κ2) is 6.88. The highest BCUT2D eigenvalue weighted by atomic mass is 16.5. The van der Waals surface area contributed by atoms with Crippen LogP contribution in [0.3, 0.4) is 0 Å². The zero-order valence-electron chi connectivity index (χ0n) is 12.0. The van der Waals surface area contributed by atoms with Crippen molar-refractivity contribution in [1.29, 1.82) is 0 Å². The second-order valence-electron chi connectivity index (χ2n) is 6.19. The fourth-order valence-corrected chi connectivity index (χ4v) is 3.54. The SMILES string of the molecule is COC1CCN(CC2CCCCCC2O)C(C)C1. The normalized spacial score (nSPS) is 39.5. The lowest BCUT2D eigenvalue weighted by atomic mass is 9.93. The number of likely N-dealkylation sites (tertiary alicyclic amines) is 1. The molecule has 0 radical (unpaired) electrons. The van der Waals surface area contributed by atoms with E-state index in [1.54, 1.807) is 0 Å². The average Bonchev–Trinajstić information content (AvgIpc) is 2.57. The van der Waals surface area contributed by atoms with E-state index >= 15 is 0 Å². The van der Waals surface area contributed by atoms with E-state index in [1.807, 2.05) is 7.11 Å². The van der Waals surface area contributed by atoms with Crippen molar-refractivity contribution in [3.63, 3.8) is 0 Å². The van der Waals surface area contributed by atoms with E-state index < -0.39 is 0 Å². The maximum atomic E-state index is 10.2. The molecule has 1 saturated heterocycles. The first-order chi connectivity index (χ1) is 8.70. The molecule has 1 saturated carbocycles. The van der Waals surface area contributed by atoms with Gasteiger partial charge in [0.05, 0.1) is 12.2 Å². The van der Waals surface area contributed by atoms with Gasteiger partial charge in [0.1, 0.15) is 0 Å². The summed E-state index contributed by atoms with van der Waals surface area (Å²) < 4.78 is 5.46. The number of rotatable bonds is 3. The molecule has 1 aliphatic carbocycles. The Hall–Kier alpha value is -0.120. The number of aliphatic hydroxyl groups excluding tert-OH is 1. The number of ether oxygens (including phenoxy) is 1. The molecule has 4 unspecified atom stereocenters. The van der Waals surface area contributed by atoms with Gasteiger partial charge in [-0.2, -0.15) is 0 Å². The number of methoxy groups -OCH3 is 1. The van der Waals surface area contributed by atoms with E-state index in [9.17, 15) is 5.11 Å². The highest BCUT2D eigenvalue weighted by molar-refractivity contribution is 4.83. The summed E-state index contributed by atoms with van der Waals surface area (Å²) in [5.74, 6) is 0.494. The molecule has 0 aromatic heterocycles. The standard InChI is InChI=1S/C15H29NO2/c1-12-10-14(18-2)8-9-16(12)11-13-6-4-3-5-7-15(13)17/h12-15,17H,3-11H2,1-2H3. The van der Waals surface area contributed by atoms with Crippen molar-refractivity contribution in [3.05, 3.63) is 0 Å². The summed E-state index contributed by atoms with van der Waals surface area (Å²) in [6, 6.07) is 0.596. The number of aliphatic hydroxyl groups is 1. The summed E-state index contributed by atoms with van der Waals surface area (Å²) in [4.78, 5) is 2.56. The molecule has 106 valence electrons. The van der Waals surface area contributed by atoms with Crippen molar-refractivity contribution in [3.8, 4) is 0 Å². The molecule has 2 fully saturated rings. The molecule has 1 aliphatic heterocycles. The fourth-order valence-electron chi connectivity index (χ4n) is 3.54. The van der Waals surface area contributed by atoms with E-state index in [-0.39, 0.29) is 6.10 Å². The van der Waals surface area contributed by atoms with E-state index in [0.717, 1.165) is 32.4 Å². The van der Waals surface area contributed by atoms with Crippen molar-refractivity contribution in [2.24, 2.45) is 5.92 Å². The molecule has 0 aromatic carbocycles. The van der Waals surface area contributed by atoms with Crippen LogP contribution in [-0.2, 0) is 4.74 Å². The van der Waals surface area contributed by atoms with Gasteiger partial charge in [0.2, 0.25) is 0 Å². The van der Waals surface area contributed by atoms with Crippen LogP contribution in [0.5, 0.6) is 0 Å². The van der Waals surface area contributed by atoms with E-state index in [1.165, 1.54) is 25.7 Å². The minimum Gasteiger partial charge on any atom is -0.393 e. The third-order valence-corrected chi connectivity index (χ3v) is 4.89. The van der Waals surface area contributed by atoms with Gasteiger partial charge >= 0.3 is 0 Å². The number of hydrogen-bond donors (Lipinski definition) is 1. The van der Waals surface area contributed by atoms with E-state index in [2.05, 4.69) is 11.8 Å². The van der Waals surface area contributed by atoms with Crippen LogP contribution in [0.4, 0.5) is 0 Å². The van der Waals surface area contributed by atoms with Crippen LogP contribution in [0.2, 0.25) is 0 Å². The Morgan fingerprint density at radius 1 is 1.17 bits per heavy atom. The van der Waals surface area contributed by atoms with Crippen molar-refractivity contribution < 1.29 is 9.84 Å². The van der Waals surface area contributed by atoms with Gasteiger partial charge in [0, 0.05) is 26.2 Å². The first kappa shape index (κ1) is 14.3. The molecule has 0 bridgehead atoms. The molecule has 4 atom stereocenters. The van der Waals surface area contributed by atoms with Crippen LogP contribution in [0.25, 0.3) is 0 Å².